The second kappa shape index (κ2) is 7.71. The number of hydrogen-bond acceptors (Lipinski definition) is 5. The highest BCUT2D eigenvalue weighted by molar-refractivity contribution is 7.92. The lowest BCUT2D eigenvalue weighted by Crippen LogP contribution is -2.58. The minimum absolute atomic E-state index is 0.311. The number of ether oxygens (including phenoxy) is 1. The van der Waals surface area contributed by atoms with Crippen molar-refractivity contribution < 1.29 is 43.5 Å². The molecule has 0 radical (unpaired) electrons. The van der Waals surface area contributed by atoms with Gasteiger partial charge in [-0.25, -0.2) is 30.3 Å². The van der Waals surface area contributed by atoms with E-state index in [4.69, 9.17) is 4.74 Å². The molecular formula is C18H16F5NO5S2. The average molecular weight is 485 g/mol. The first kappa shape index (κ1) is 23.4. The molecule has 0 bridgehead atoms. The summed E-state index contributed by atoms with van der Waals surface area (Å²) < 4.78 is 120. The summed E-state index contributed by atoms with van der Waals surface area (Å²) in [5, 5.41) is 0. The number of halogens is 5. The normalized spacial score (nSPS) is 22.1. The van der Waals surface area contributed by atoms with Crippen molar-refractivity contribution in [3.05, 3.63) is 59.7 Å². The van der Waals surface area contributed by atoms with Gasteiger partial charge in [-0.15, -0.1) is 0 Å². The van der Waals surface area contributed by atoms with E-state index in [2.05, 4.69) is 0 Å². The topological polar surface area (TPSA) is 89.5 Å². The fourth-order valence-electron chi connectivity index (χ4n) is 3.52. The molecule has 0 aromatic heterocycles. The maximum atomic E-state index is 14.5. The average Bonchev–Trinajstić information content (AvgIpc) is 2.65. The van der Waals surface area contributed by atoms with E-state index >= 15 is 0 Å². The molecule has 1 aliphatic rings. The molecule has 13 heteroatoms. The summed E-state index contributed by atoms with van der Waals surface area (Å²) in [5.41, 5.74) is -6.20. The number of sulfone groups is 1. The minimum Gasteiger partial charge on any atom is -0.497 e. The molecule has 1 aliphatic carbocycles. The Kier molecular flexibility index (Phi) is 5.82. The Morgan fingerprint density at radius 2 is 1.58 bits per heavy atom. The molecule has 0 aliphatic heterocycles. The molecule has 1 fully saturated rings. The van der Waals surface area contributed by atoms with E-state index in [1.165, 1.54) is 24.0 Å². The lowest BCUT2D eigenvalue weighted by molar-refractivity contribution is -0.0455. The third kappa shape index (κ3) is 4.01. The molecule has 1 saturated carbocycles. The summed E-state index contributed by atoms with van der Waals surface area (Å²) in [5.74, 6) is -1.73. The molecule has 0 amide bonds. The number of alkyl halides is 3. The monoisotopic (exact) mass is 485 g/mol. The van der Waals surface area contributed by atoms with Crippen LogP contribution in [-0.4, -0.2) is 35.5 Å². The van der Waals surface area contributed by atoms with Crippen molar-refractivity contribution in [1.29, 1.82) is 0 Å². The first-order chi connectivity index (χ1) is 14.2. The highest BCUT2D eigenvalue weighted by Crippen LogP contribution is 2.52. The van der Waals surface area contributed by atoms with E-state index in [9.17, 15) is 38.8 Å². The van der Waals surface area contributed by atoms with Gasteiger partial charge in [0.25, 0.3) is 0 Å². The molecule has 31 heavy (non-hydrogen) atoms. The van der Waals surface area contributed by atoms with Gasteiger partial charge in [0.2, 0.25) is 0 Å². The lowest BCUT2D eigenvalue weighted by Gasteiger charge is -2.47. The molecule has 1 N–H and O–H groups in total. The number of hydrogen-bond donors (Lipinski definition) is 1. The van der Waals surface area contributed by atoms with Gasteiger partial charge in [0.05, 0.1) is 12.0 Å². The van der Waals surface area contributed by atoms with Gasteiger partial charge in [0.15, 0.2) is 9.84 Å². The van der Waals surface area contributed by atoms with E-state index in [1.54, 1.807) is 0 Å². The van der Waals surface area contributed by atoms with Crippen molar-refractivity contribution in [3.63, 3.8) is 0 Å². The van der Waals surface area contributed by atoms with Crippen LogP contribution < -0.4 is 9.46 Å². The van der Waals surface area contributed by atoms with Crippen LogP contribution >= 0.6 is 0 Å². The van der Waals surface area contributed by atoms with Crippen LogP contribution in [0, 0.1) is 11.6 Å². The summed E-state index contributed by atoms with van der Waals surface area (Å²) in [4.78, 5) is -0.311. The zero-order valence-corrected chi connectivity index (χ0v) is 17.4. The maximum Gasteiger partial charge on any atom is 0.511 e. The van der Waals surface area contributed by atoms with Crippen molar-refractivity contribution >= 4 is 19.9 Å². The Balaban J connectivity index is 2.06. The Bertz CT molecular complexity index is 1190. The van der Waals surface area contributed by atoms with Gasteiger partial charge in [-0.05, 0) is 55.3 Å². The first-order valence-electron chi connectivity index (χ1n) is 8.66. The Morgan fingerprint density at radius 3 is 2.10 bits per heavy atom. The molecule has 0 atom stereocenters. The van der Waals surface area contributed by atoms with Crippen molar-refractivity contribution in [2.75, 3.05) is 7.11 Å². The smallest absolute Gasteiger partial charge is 0.497 e. The van der Waals surface area contributed by atoms with E-state index < -0.39 is 66.2 Å². The maximum absolute atomic E-state index is 14.5. The van der Waals surface area contributed by atoms with E-state index in [-0.39, 0.29) is 4.90 Å². The summed E-state index contributed by atoms with van der Waals surface area (Å²) in [6.45, 7) is 0. The van der Waals surface area contributed by atoms with Crippen LogP contribution in [0.5, 0.6) is 5.75 Å². The van der Waals surface area contributed by atoms with Crippen LogP contribution in [0.4, 0.5) is 22.0 Å². The molecule has 170 valence electrons. The van der Waals surface area contributed by atoms with Gasteiger partial charge in [-0.1, -0.05) is 0 Å². The first-order valence-corrected chi connectivity index (χ1v) is 11.6. The number of benzene rings is 2. The third-order valence-corrected chi connectivity index (χ3v) is 8.81. The number of nitrogens with one attached hydrogen (secondary N) is 1. The van der Waals surface area contributed by atoms with Crippen LogP contribution in [0.15, 0.2) is 47.4 Å². The van der Waals surface area contributed by atoms with Crippen molar-refractivity contribution in [1.82, 2.24) is 4.72 Å². The van der Waals surface area contributed by atoms with Crippen LogP contribution in [0.3, 0.4) is 0 Å². The highest BCUT2D eigenvalue weighted by atomic mass is 32.2. The molecule has 0 saturated heterocycles. The van der Waals surface area contributed by atoms with Gasteiger partial charge >= 0.3 is 15.5 Å². The summed E-state index contributed by atoms with van der Waals surface area (Å²) in [7, 11) is -8.90. The van der Waals surface area contributed by atoms with E-state index in [0.29, 0.717) is 17.9 Å². The van der Waals surface area contributed by atoms with Gasteiger partial charge in [0, 0.05) is 11.6 Å². The molecular weight excluding hydrogens is 469 g/mol. The Hall–Kier alpha value is -2.25. The van der Waals surface area contributed by atoms with Gasteiger partial charge in [-0.3, -0.25) is 0 Å². The number of rotatable bonds is 6. The fourth-order valence-corrected chi connectivity index (χ4v) is 6.49. The third-order valence-electron chi connectivity index (χ3n) is 5.08. The van der Waals surface area contributed by atoms with Crippen molar-refractivity contribution in [3.8, 4) is 5.75 Å². The molecule has 6 nitrogen and oxygen atoms in total. The zero-order valence-electron chi connectivity index (χ0n) is 15.8. The summed E-state index contributed by atoms with van der Waals surface area (Å²) in [6, 6.07) is 5.57. The molecule has 0 spiro atoms. The lowest BCUT2D eigenvalue weighted by atomic mass is 9.75. The predicted octanol–water partition coefficient (Wildman–Crippen LogP) is 3.24. The van der Waals surface area contributed by atoms with Crippen LogP contribution in [0.1, 0.15) is 18.4 Å². The van der Waals surface area contributed by atoms with Crippen LogP contribution in [-0.2, 0) is 24.6 Å². The molecule has 3 rings (SSSR count). The second-order valence-electron chi connectivity index (χ2n) is 6.97. The van der Waals surface area contributed by atoms with E-state index in [1.807, 2.05) is 0 Å². The van der Waals surface area contributed by atoms with Gasteiger partial charge in [-0.2, -0.15) is 13.2 Å². The summed E-state index contributed by atoms with van der Waals surface area (Å²) in [6.07, 6.45) is -1.45. The van der Waals surface area contributed by atoms with Crippen molar-refractivity contribution in [2.24, 2.45) is 0 Å². The number of methoxy groups -OCH3 is 1. The molecule has 2 aromatic rings. The van der Waals surface area contributed by atoms with E-state index in [0.717, 1.165) is 18.2 Å². The zero-order chi connectivity index (χ0) is 23.2. The van der Waals surface area contributed by atoms with Crippen LogP contribution in [0.2, 0.25) is 0 Å². The molecule has 0 unspecified atom stereocenters. The molecule has 0 heterocycles. The Morgan fingerprint density at radius 1 is 1.00 bits per heavy atom. The Labute approximate surface area is 175 Å². The second-order valence-corrected chi connectivity index (χ2v) is 10.9. The SMILES string of the molecule is COc1ccc(S(=O)(=O)C2(c3cc(F)ccc3F)CC(NS(=O)(=O)C(F)(F)F)C2)cc1. The number of sulfonamides is 1. The quantitative estimate of drug-likeness (QED) is 0.635. The van der Waals surface area contributed by atoms with Crippen LogP contribution in [0.25, 0.3) is 0 Å². The van der Waals surface area contributed by atoms with Gasteiger partial charge < -0.3 is 4.74 Å². The predicted molar refractivity (Wildman–Crippen MR) is 99.3 cm³/mol. The highest BCUT2D eigenvalue weighted by Gasteiger charge is 2.59. The van der Waals surface area contributed by atoms with Crippen molar-refractivity contribution in [2.45, 2.75) is 34.0 Å². The fraction of sp³-hybridized carbons (Fsp3) is 0.333. The largest absolute Gasteiger partial charge is 0.511 e. The standard InChI is InChI=1S/C18H16F5NO5S2/c1-29-13-3-5-14(6-4-13)30(25,26)17(15-8-11(19)2-7-16(15)20)9-12(10-17)24-31(27,28)18(21,22)23/h2-8,12,24H,9-10H2,1H3. The summed E-state index contributed by atoms with van der Waals surface area (Å²) >= 11 is 0. The molecule has 2 aromatic carbocycles. The minimum atomic E-state index is -5.76. The van der Waals surface area contributed by atoms with Gasteiger partial charge in [0.1, 0.15) is 22.1 Å².